The molecule has 1 aliphatic heterocycles. The Balaban J connectivity index is 2.17. The van der Waals surface area contributed by atoms with Crippen LogP contribution in [0.5, 0.6) is 0 Å². The average Bonchev–Trinajstić information content (AvgIpc) is 2.45. The third kappa shape index (κ3) is 3.42. The lowest BCUT2D eigenvalue weighted by Crippen LogP contribution is -2.49. The van der Waals surface area contributed by atoms with E-state index in [-0.39, 0.29) is 12.5 Å². The number of anilines is 1. The zero-order valence-electron chi connectivity index (χ0n) is 12.1. The molecule has 0 fully saturated rings. The Kier molecular flexibility index (Phi) is 4.62. The number of nitrogens with zero attached hydrogens (tertiary/aromatic N) is 1. The molecule has 1 heterocycles. The number of benzene rings is 1. The number of amides is 2. The smallest absolute Gasteiger partial charge is 0.326 e. The highest BCUT2D eigenvalue weighted by molar-refractivity contribution is 5.95. The van der Waals surface area contributed by atoms with Gasteiger partial charge in [-0.25, -0.2) is 9.59 Å². The molecule has 21 heavy (non-hydrogen) atoms. The Morgan fingerprint density at radius 1 is 1.52 bits per heavy atom. The number of nitrogens with one attached hydrogen (secondary N) is 1. The van der Waals surface area contributed by atoms with Crippen LogP contribution in [0, 0.1) is 6.92 Å². The summed E-state index contributed by atoms with van der Waals surface area (Å²) in [6.45, 7) is 6.14. The third-order valence-electron chi connectivity index (χ3n) is 3.60. The van der Waals surface area contributed by atoms with Crippen molar-refractivity contribution in [1.82, 2.24) is 5.32 Å². The first-order valence-corrected chi connectivity index (χ1v) is 7.04. The lowest BCUT2D eigenvalue weighted by molar-refractivity contribution is -0.139. The van der Waals surface area contributed by atoms with Gasteiger partial charge in [-0.1, -0.05) is 23.8 Å². The van der Waals surface area contributed by atoms with Crippen LogP contribution in [0.15, 0.2) is 30.9 Å². The number of aliphatic carboxylic acids is 1. The fraction of sp³-hybridized carbons (Fsp3) is 0.375. The van der Waals surface area contributed by atoms with E-state index in [1.54, 1.807) is 4.90 Å². The number of fused-ring (bicyclic) bond motifs is 1. The second kappa shape index (κ2) is 6.43. The van der Waals surface area contributed by atoms with Crippen LogP contribution in [-0.4, -0.2) is 29.7 Å². The topological polar surface area (TPSA) is 69.6 Å². The summed E-state index contributed by atoms with van der Waals surface area (Å²) >= 11 is 0. The maximum absolute atomic E-state index is 12.4. The van der Waals surface area contributed by atoms with E-state index >= 15 is 0 Å². The van der Waals surface area contributed by atoms with E-state index in [1.165, 1.54) is 6.08 Å². The molecule has 2 N–H and O–H groups in total. The maximum Gasteiger partial charge on any atom is 0.326 e. The summed E-state index contributed by atoms with van der Waals surface area (Å²) in [7, 11) is 0. The van der Waals surface area contributed by atoms with Crippen molar-refractivity contribution in [2.45, 2.75) is 32.2 Å². The number of hydrogen-bond donors (Lipinski definition) is 2. The summed E-state index contributed by atoms with van der Waals surface area (Å²) in [6.07, 6.45) is 3.52. The van der Waals surface area contributed by atoms with Crippen molar-refractivity contribution < 1.29 is 14.7 Å². The van der Waals surface area contributed by atoms with Crippen LogP contribution in [-0.2, 0) is 11.2 Å². The Morgan fingerprint density at radius 2 is 2.29 bits per heavy atom. The molecule has 1 unspecified atom stereocenters. The number of carboxylic acid groups (broad SMARTS) is 1. The number of aryl methyl sites for hydroxylation is 2. The molecule has 2 rings (SSSR count). The van der Waals surface area contributed by atoms with Crippen LogP contribution in [0.2, 0.25) is 0 Å². The van der Waals surface area contributed by atoms with Gasteiger partial charge in [-0.15, -0.1) is 6.58 Å². The Labute approximate surface area is 124 Å². The minimum Gasteiger partial charge on any atom is -0.480 e. The van der Waals surface area contributed by atoms with Gasteiger partial charge in [0.15, 0.2) is 0 Å². The van der Waals surface area contributed by atoms with Crippen molar-refractivity contribution in [3.63, 3.8) is 0 Å². The molecule has 1 aliphatic rings. The van der Waals surface area contributed by atoms with E-state index in [2.05, 4.69) is 18.0 Å². The van der Waals surface area contributed by atoms with Crippen molar-refractivity contribution in [2.24, 2.45) is 0 Å². The summed E-state index contributed by atoms with van der Waals surface area (Å²) in [5.74, 6) is -1.05. The fourth-order valence-corrected chi connectivity index (χ4v) is 2.55. The van der Waals surface area contributed by atoms with Gasteiger partial charge in [-0.2, -0.15) is 0 Å². The van der Waals surface area contributed by atoms with E-state index in [0.29, 0.717) is 6.54 Å². The van der Waals surface area contributed by atoms with Crippen LogP contribution < -0.4 is 10.2 Å². The zero-order valence-corrected chi connectivity index (χ0v) is 12.1. The molecule has 5 nitrogen and oxygen atoms in total. The normalized spacial score (nSPS) is 15.0. The summed E-state index contributed by atoms with van der Waals surface area (Å²) in [5.41, 5.74) is 3.16. The second-order valence-electron chi connectivity index (χ2n) is 5.25. The van der Waals surface area contributed by atoms with Crippen molar-refractivity contribution >= 4 is 17.7 Å². The third-order valence-corrected chi connectivity index (χ3v) is 3.60. The number of urea groups is 1. The fourth-order valence-electron chi connectivity index (χ4n) is 2.55. The summed E-state index contributed by atoms with van der Waals surface area (Å²) in [4.78, 5) is 25.1. The number of carbonyl (C=O) groups is 2. The van der Waals surface area contributed by atoms with Gasteiger partial charge in [0.05, 0.1) is 0 Å². The Morgan fingerprint density at radius 3 is 2.95 bits per heavy atom. The predicted molar refractivity (Wildman–Crippen MR) is 81.6 cm³/mol. The SMILES string of the molecule is C=CCC(NC(=O)N1CCCc2cc(C)ccc21)C(=O)O. The lowest BCUT2D eigenvalue weighted by atomic mass is 10.00. The molecule has 0 aliphatic carbocycles. The van der Waals surface area contributed by atoms with Gasteiger partial charge in [0.25, 0.3) is 0 Å². The highest BCUT2D eigenvalue weighted by Gasteiger charge is 2.26. The molecule has 0 aromatic heterocycles. The molecular formula is C16H20N2O3. The molecule has 5 heteroatoms. The Bertz CT molecular complexity index is 569. The van der Waals surface area contributed by atoms with Crippen molar-refractivity contribution in [3.8, 4) is 0 Å². The van der Waals surface area contributed by atoms with Crippen LogP contribution in [0.3, 0.4) is 0 Å². The zero-order chi connectivity index (χ0) is 15.4. The summed E-state index contributed by atoms with van der Waals surface area (Å²) in [6, 6.07) is 4.66. The molecule has 0 saturated heterocycles. The van der Waals surface area contributed by atoms with E-state index < -0.39 is 12.0 Å². The van der Waals surface area contributed by atoms with Gasteiger partial charge >= 0.3 is 12.0 Å². The molecule has 2 amide bonds. The number of carboxylic acids is 1. The number of rotatable bonds is 4. The maximum atomic E-state index is 12.4. The largest absolute Gasteiger partial charge is 0.480 e. The van der Waals surface area contributed by atoms with Crippen molar-refractivity contribution in [1.29, 1.82) is 0 Å². The quantitative estimate of drug-likeness (QED) is 0.836. The molecule has 1 aromatic carbocycles. The van der Waals surface area contributed by atoms with Gasteiger partial charge in [0.2, 0.25) is 0 Å². The van der Waals surface area contributed by atoms with Crippen molar-refractivity contribution in [2.75, 3.05) is 11.4 Å². The molecule has 1 atom stereocenters. The summed E-state index contributed by atoms with van der Waals surface area (Å²) in [5, 5.41) is 11.7. The van der Waals surface area contributed by atoms with Gasteiger partial charge in [0, 0.05) is 12.2 Å². The van der Waals surface area contributed by atoms with Gasteiger partial charge in [-0.05, 0) is 37.8 Å². The van der Waals surface area contributed by atoms with E-state index in [1.807, 2.05) is 19.1 Å². The molecule has 112 valence electrons. The first kappa shape index (κ1) is 15.1. The Hall–Kier alpha value is -2.30. The van der Waals surface area contributed by atoms with E-state index in [0.717, 1.165) is 29.7 Å². The summed E-state index contributed by atoms with van der Waals surface area (Å²) < 4.78 is 0. The first-order chi connectivity index (χ1) is 10.0. The standard InChI is InChI=1S/C16H20N2O3/c1-3-5-13(15(19)20)17-16(21)18-9-4-6-12-10-11(2)7-8-14(12)18/h3,7-8,10,13H,1,4-6,9H2,2H3,(H,17,21)(H,19,20). The van der Waals surface area contributed by atoms with E-state index in [9.17, 15) is 9.59 Å². The number of carbonyl (C=O) groups excluding carboxylic acids is 1. The highest BCUT2D eigenvalue weighted by atomic mass is 16.4. The van der Waals surface area contributed by atoms with Crippen LogP contribution in [0.4, 0.5) is 10.5 Å². The minimum absolute atomic E-state index is 0.204. The molecule has 1 aromatic rings. The number of hydrogen-bond acceptors (Lipinski definition) is 2. The van der Waals surface area contributed by atoms with Gasteiger partial charge in [-0.3, -0.25) is 4.90 Å². The van der Waals surface area contributed by atoms with Crippen LogP contribution >= 0.6 is 0 Å². The molecule has 0 spiro atoms. The first-order valence-electron chi connectivity index (χ1n) is 7.04. The monoisotopic (exact) mass is 288 g/mol. The van der Waals surface area contributed by atoms with Crippen molar-refractivity contribution in [3.05, 3.63) is 42.0 Å². The van der Waals surface area contributed by atoms with Gasteiger partial charge in [0.1, 0.15) is 6.04 Å². The molecule has 0 radical (unpaired) electrons. The predicted octanol–water partition coefficient (Wildman–Crippen LogP) is 2.49. The van der Waals surface area contributed by atoms with Crippen LogP contribution in [0.25, 0.3) is 0 Å². The second-order valence-corrected chi connectivity index (χ2v) is 5.25. The van der Waals surface area contributed by atoms with E-state index in [4.69, 9.17) is 5.11 Å². The van der Waals surface area contributed by atoms with Gasteiger partial charge < -0.3 is 10.4 Å². The molecule has 0 bridgehead atoms. The molecular weight excluding hydrogens is 268 g/mol. The molecule has 0 saturated carbocycles. The average molecular weight is 288 g/mol. The highest BCUT2D eigenvalue weighted by Crippen LogP contribution is 2.28. The lowest BCUT2D eigenvalue weighted by Gasteiger charge is -2.30. The minimum atomic E-state index is -1.05. The van der Waals surface area contributed by atoms with Crippen LogP contribution in [0.1, 0.15) is 24.0 Å².